The average molecular weight is 255 g/mol. The van der Waals surface area contributed by atoms with Crippen LogP contribution in [0.4, 0.5) is 0 Å². The standard InChI is InChI=1S/C12H17NO5/c1-11(2)4-8(14)13(9(11)15)7-5-18-6-12(7,3)10(16)17/h7H,4-6H2,1-3H3,(H,16,17). The number of likely N-dealkylation sites (tertiary alicyclic amines) is 1. The summed E-state index contributed by atoms with van der Waals surface area (Å²) in [6.07, 6.45) is 0.123. The van der Waals surface area contributed by atoms with Gasteiger partial charge in [0.1, 0.15) is 5.41 Å². The lowest BCUT2D eigenvalue weighted by molar-refractivity contribution is -0.154. The van der Waals surface area contributed by atoms with Gasteiger partial charge in [0.2, 0.25) is 11.8 Å². The largest absolute Gasteiger partial charge is 0.481 e. The molecule has 0 aromatic carbocycles. The van der Waals surface area contributed by atoms with E-state index in [2.05, 4.69) is 0 Å². The summed E-state index contributed by atoms with van der Waals surface area (Å²) in [5.41, 5.74) is -1.97. The zero-order valence-electron chi connectivity index (χ0n) is 10.7. The van der Waals surface area contributed by atoms with Gasteiger partial charge in [0.25, 0.3) is 0 Å². The highest BCUT2D eigenvalue weighted by atomic mass is 16.5. The maximum Gasteiger partial charge on any atom is 0.313 e. The van der Waals surface area contributed by atoms with Crippen LogP contribution in [0.2, 0.25) is 0 Å². The summed E-state index contributed by atoms with van der Waals surface area (Å²) in [5.74, 6) is -1.67. The SMILES string of the molecule is CC1(C)CC(=O)N(C2COCC2(C)C(=O)O)C1=O. The lowest BCUT2D eigenvalue weighted by Crippen LogP contribution is -2.52. The minimum Gasteiger partial charge on any atom is -0.481 e. The van der Waals surface area contributed by atoms with Gasteiger partial charge in [-0.25, -0.2) is 0 Å². The summed E-state index contributed by atoms with van der Waals surface area (Å²) >= 11 is 0. The third-order valence-corrected chi connectivity index (χ3v) is 3.87. The number of hydrogen-bond donors (Lipinski definition) is 1. The van der Waals surface area contributed by atoms with Gasteiger partial charge in [0.05, 0.1) is 24.7 Å². The molecule has 0 aromatic rings. The molecule has 0 aromatic heterocycles. The van der Waals surface area contributed by atoms with Crippen molar-refractivity contribution in [3.8, 4) is 0 Å². The van der Waals surface area contributed by atoms with Gasteiger partial charge in [0, 0.05) is 6.42 Å². The Morgan fingerprint density at radius 3 is 2.44 bits per heavy atom. The van der Waals surface area contributed by atoms with Crippen molar-refractivity contribution < 1.29 is 24.2 Å². The summed E-state index contributed by atoms with van der Waals surface area (Å²) in [6, 6.07) is -0.711. The number of carboxylic acids is 1. The molecule has 2 unspecified atom stereocenters. The molecule has 2 heterocycles. The number of hydrogen-bond acceptors (Lipinski definition) is 4. The van der Waals surface area contributed by atoms with E-state index in [0.29, 0.717) is 0 Å². The fourth-order valence-corrected chi connectivity index (χ4v) is 2.52. The van der Waals surface area contributed by atoms with Gasteiger partial charge in [0.15, 0.2) is 0 Å². The molecular weight excluding hydrogens is 238 g/mol. The third-order valence-electron chi connectivity index (χ3n) is 3.87. The molecule has 2 rings (SSSR count). The molecule has 2 amide bonds. The summed E-state index contributed by atoms with van der Waals surface area (Å²) < 4.78 is 5.18. The minimum atomic E-state index is -1.22. The molecule has 0 spiro atoms. The van der Waals surface area contributed by atoms with Gasteiger partial charge in [-0.2, -0.15) is 0 Å². The van der Waals surface area contributed by atoms with Gasteiger partial charge >= 0.3 is 5.97 Å². The molecule has 1 N–H and O–H groups in total. The number of carbonyl (C=O) groups is 3. The Kier molecular flexibility index (Phi) is 2.73. The zero-order chi connectivity index (χ0) is 13.7. The van der Waals surface area contributed by atoms with Crippen LogP contribution in [0.25, 0.3) is 0 Å². The molecular formula is C12H17NO5. The van der Waals surface area contributed by atoms with Gasteiger partial charge in [-0.3, -0.25) is 19.3 Å². The normalized spacial score (nSPS) is 35.3. The quantitative estimate of drug-likeness (QED) is 0.715. The van der Waals surface area contributed by atoms with E-state index in [9.17, 15) is 19.5 Å². The highest BCUT2D eigenvalue weighted by molar-refractivity contribution is 6.06. The molecule has 2 aliphatic rings. The topological polar surface area (TPSA) is 83.9 Å². The van der Waals surface area contributed by atoms with E-state index >= 15 is 0 Å². The summed E-state index contributed by atoms with van der Waals surface area (Å²) in [4.78, 5) is 36.6. The fourth-order valence-electron chi connectivity index (χ4n) is 2.52. The van der Waals surface area contributed by atoms with E-state index in [1.165, 1.54) is 6.92 Å². The maximum atomic E-state index is 12.2. The van der Waals surface area contributed by atoms with Crippen molar-refractivity contribution in [2.24, 2.45) is 10.8 Å². The van der Waals surface area contributed by atoms with Crippen molar-refractivity contribution in [2.75, 3.05) is 13.2 Å². The number of nitrogens with zero attached hydrogens (tertiary/aromatic N) is 1. The first kappa shape index (κ1) is 13.0. The van der Waals surface area contributed by atoms with Crippen molar-refractivity contribution in [3.05, 3.63) is 0 Å². The molecule has 100 valence electrons. The van der Waals surface area contributed by atoms with Crippen LogP contribution in [0.5, 0.6) is 0 Å². The van der Waals surface area contributed by atoms with Crippen molar-refractivity contribution in [1.29, 1.82) is 0 Å². The second-order valence-corrected chi connectivity index (χ2v) is 5.88. The lowest BCUT2D eigenvalue weighted by Gasteiger charge is -2.32. The first-order valence-electron chi connectivity index (χ1n) is 5.88. The van der Waals surface area contributed by atoms with Gasteiger partial charge in [-0.1, -0.05) is 13.8 Å². The Morgan fingerprint density at radius 1 is 1.39 bits per heavy atom. The average Bonchev–Trinajstić information content (AvgIpc) is 2.69. The fraction of sp³-hybridized carbons (Fsp3) is 0.750. The second kappa shape index (κ2) is 3.78. The highest BCUT2D eigenvalue weighted by Gasteiger charge is 2.57. The highest BCUT2D eigenvalue weighted by Crippen LogP contribution is 2.40. The van der Waals surface area contributed by atoms with Crippen LogP contribution in [-0.2, 0) is 19.1 Å². The van der Waals surface area contributed by atoms with Crippen LogP contribution in [0.1, 0.15) is 27.2 Å². The monoisotopic (exact) mass is 255 g/mol. The first-order chi connectivity index (χ1) is 8.20. The second-order valence-electron chi connectivity index (χ2n) is 5.88. The van der Waals surface area contributed by atoms with Crippen molar-refractivity contribution in [2.45, 2.75) is 33.2 Å². The van der Waals surface area contributed by atoms with E-state index in [1.54, 1.807) is 13.8 Å². The van der Waals surface area contributed by atoms with E-state index in [4.69, 9.17) is 4.74 Å². The van der Waals surface area contributed by atoms with E-state index in [1.807, 2.05) is 0 Å². The molecule has 6 heteroatoms. The van der Waals surface area contributed by atoms with Crippen molar-refractivity contribution >= 4 is 17.8 Å². The van der Waals surface area contributed by atoms with Crippen LogP contribution in [0.3, 0.4) is 0 Å². The van der Waals surface area contributed by atoms with Gasteiger partial charge in [-0.05, 0) is 6.92 Å². The van der Waals surface area contributed by atoms with Gasteiger partial charge in [-0.15, -0.1) is 0 Å². The van der Waals surface area contributed by atoms with Crippen LogP contribution >= 0.6 is 0 Å². The molecule has 0 radical (unpaired) electrons. The molecule has 6 nitrogen and oxygen atoms in total. The first-order valence-corrected chi connectivity index (χ1v) is 5.88. The Bertz CT molecular complexity index is 430. The Labute approximate surface area is 105 Å². The van der Waals surface area contributed by atoms with Gasteiger partial charge < -0.3 is 9.84 Å². The van der Waals surface area contributed by atoms with Crippen LogP contribution in [0, 0.1) is 10.8 Å². The number of amides is 2. The summed E-state index contributed by atoms with van der Waals surface area (Å²) in [5, 5.41) is 9.28. The number of aliphatic carboxylic acids is 1. The van der Waals surface area contributed by atoms with Crippen molar-refractivity contribution in [1.82, 2.24) is 4.90 Å². The maximum absolute atomic E-state index is 12.2. The van der Waals surface area contributed by atoms with E-state index < -0.39 is 22.8 Å². The van der Waals surface area contributed by atoms with Crippen LogP contribution < -0.4 is 0 Å². The molecule has 0 saturated carbocycles. The number of carboxylic acid groups (broad SMARTS) is 1. The molecule has 0 bridgehead atoms. The number of imide groups is 1. The van der Waals surface area contributed by atoms with E-state index in [-0.39, 0.29) is 31.4 Å². The predicted molar refractivity (Wildman–Crippen MR) is 60.6 cm³/mol. The molecule has 0 aliphatic carbocycles. The van der Waals surface area contributed by atoms with Crippen LogP contribution in [-0.4, -0.2) is 47.0 Å². The minimum absolute atomic E-state index is 0.0183. The number of rotatable bonds is 2. The smallest absolute Gasteiger partial charge is 0.313 e. The van der Waals surface area contributed by atoms with Crippen LogP contribution in [0.15, 0.2) is 0 Å². The molecule has 18 heavy (non-hydrogen) atoms. The number of carbonyl (C=O) groups excluding carboxylic acids is 2. The Morgan fingerprint density at radius 2 is 2.00 bits per heavy atom. The van der Waals surface area contributed by atoms with E-state index in [0.717, 1.165) is 4.90 Å². The summed E-state index contributed by atoms with van der Waals surface area (Å²) in [6.45, 7) is 5.02. The Balaban J connectivity index is 2.35. The number of ether oxygens (including phenoxy) is 1. The summed E-state index contributed by atoms with van der Waals surface area (Å²) in [7, 11) is 0. The zero-order valence-corrected chi connectivity index (χ0v) is 10.7. The lowest BCUT2D eigenvalue weighted by atomic mass is 9.84. The molecule has 2 saturated heterocycles. The predicted octanol–water partition coefficient (Wildman–Crippen LogP) is 0.261. The third kappa shape index (κ3) is 1.63. The van der Waals surface area contributed by atoms with Crippen molar-refractivity contribution in [3.63, 3.8) is 0 Å². The Hall–Kier alpha value is -1.43. The molecule has 2 aliphatic heterocycles. The molecule has 2 fully saturated rings. The molecule has 2 atom stereocenters.